The zero-order valence-electron chi connectivity index (χ0n) is 8.82. The molecular weight excluding hydrogens is 194 g/mol. The summed E-state index contributed by atoms with van der Waals surface area (Å²) in [4.78, 5) is 15.0. The van der Waals surface area contributed by atoms with E-state index in [-0.39, 0.29) is 0 Å². The zero-order chi connectivity index (χ0) is 11.5. The summed E-state index contributed by atoms with van der Waals surface area (Å²) in [5.41, 5.74) is 4.62. The molecule has 0 bridgehead atoms. The molecule has 4 N–H and O–H groups in total. The molecule has 15 heavy (non-hydrogen) atoms. The number of carbonyl (C=O) groups is 1. The van der Waals surface area contributed by atoms with Gasteiger partial charge >= 0.3 is 0 Å². The molecule has 1 rings (SSSR count). The number of anilines is 1. The number of hydrogen-bond donors (Lipinski definition) is 3. The van der Waals surface area contributed by atoms with Gasteiger partial charge in [-0.1, -0.05) is 0 Å². The van der Waals surface area contributed by atoms with Crippen LogP contribution in [0, 0.1) is 0 Å². The summed E-state index contributed by atoms with van der Waals surface area (Å²) >= 11 is 0. The summed E-state index contributed by atoms with van der Waals surface area (Å²) in [5, 5.41) is 12.4. The van der Waals surface area contributed by atoms with Gasteiger partial charge in [0.05, 0.1) is 11.2 Å². The van der Waals surface area contributed by atoms with Crippen molar-refractivity contribution in [3.63, 3.8) is 0 Å². The van der Waals surface area contributed by atoms with E-state index in [0.29, 0.717) is 17.9 Å². The van der Waals surface area contributed by atoms with E-state index in [1.165, 1.54) is 0 Å². The van der Waals surface area contributed by atoms with Gasteiger partial charge < -0.3 is 16.2 Å². The molecule has 0 spiro atoms. The maximum atomic E-state index is 11.0. The zero-order valence-corrected chi connectivity index (χ0v) is 8.82. The lowest BCUT2D eigenvalue weighted by Crippen LogP contribution is -2.30. The third-order valence-corrected chi connectivity index (χ3v) is 1.76. The first-order chi connectivity index (χ1) is 6.90. The van der Waals surface area contributed by atoms with E-state index in [0.717, 1.165) is 0 Å². The van der Waals surface area contributed by atoms with Crippen molar-refractivity contribution in [1.29, 1.82) is 0 Å². The molecule has 1 aromatic heterocycles. The lowest BCUT2D eigenvalue weighted by molar-refractivity contribution is 0.0938. The Bertz CT molecular complexity index is 358. The molecule has 0 aromatic carbocycles. The molecule has 0 radical (unpaired) electrons. The van der Waals surface area contributed by atoms with E-state index in [4.69, 9.17) is 5.73 Å². The highest BCUT2D eigenvalue weighted by Crippen LogP contribution is 2.12. The Balaban J connectivity index is 2.81. The molecule has 1 amide bonds. The van der Waals surface area contributed by atoms with Crippen molar-refractivity contribution in [2.24, 2.45) is 5.73 Å². The van der Waals surface area contributed by atoms with Crippen LogP contribution in [0.1, 0.15) is 24.2 Å². The number of pyridine rings is 1. The number of nitrogens with one attached hydrogen (secondary N) is 1. The number of amides is 1. The van der Waals surface area contributed by atoms with E-state index >= 15 is 0 Å². The van der Waals surface area contributed by atoms with Gasteiger partial charge in [0.1, 0.15) is 5.82 Å². The van der Waals surface area contributed by atoms with Crippen LogP contribution in [0.25, 0.3) is 0 Å². The van der Waals surface area contributed by atoms with Crippen LogP contribution >= 0.6 is 0 Å². The molecular formula is C10H15N3O2. The fourth-order valence-electron chi connectivity index (χ4n) is 1.05. The Morgan fingerprint density at radius 3 is 2.87 bits per heavy atom. The van der Waals surface area contributed by atoms with Crippen molar-refractivity contribution in [3.8, 4) is 0 Å². The predicted octanol–water partition coefficient (Wildman–Crippen LogP) is 0.363. The van der Waals surface area contributed by atoms with Crippen LogP contribution in [0.4, 0.5) is 5.82 Å². The summed E-state index contributed by atoms with van der Waals surface area (Å²) in [6.45, 7) is 3.62. The van der Waals surface area contributed by atoms with Crippen LogP contribution in [0.3, 0.4) is 0 Å². The summed E-state index contributed by atoms with van der Waals surface area (Å²) < 4.78 is 0. The predicted molar refractivity (Wildman–Crippen MR) is 57.5 cm³/mol. The van der Waals surface area contributed by atoms with Crippen molar-refractivity contribution in [3.05, 3.63) is 23.9 Å². The molecule has 0 fully saturated rings. The summed E-state index contributed by atoms with van der Waals surface area (Å²) in [6.07, 6.45) is 1.55. The third-order valence-electron chi connectivity index (χ3n) is 1.76. The number of rotatable bonds is 4. The van der Waals surface area contributed by atoms with E-state index < -0.39 is 11.5 Å². The van der Waals surface area contributed by atoms with Crippen LogP contribution < -0.4 is 11.1 Å². The van der Waals surface area contributed by atoms with Gasteiger partial charge in [-0.15, -0.1) is 0 Å². The van der Waals surface area contributed by atoms with Crippen LogP contribution in [-0.2, 0) is 0 Å². The van der Waals surface area contributed by atoms with Crippen molar-refractivity contribution < 1.29 is 9.90 Å². The van der Waals surface area contributed by atoms with E-state index in [1.807, 2.05) is 0 Å². The molecule has 0 unspecified atom stereocenters. The maximum absolute atomic E-state index is 11.0. The molecule has 0 atom stereocenters. The monoisotopic (exact) mass is 209 g/mol. The lowest BCUT2D eigenvalue weighted by Gasteiger charge is -2.18. The van der Waals surface area contributed by atoms with E-state index in [1.54, 1.807) is 32.2 Å². The molecule has 1 aromatic rings. The van der Waals surface area contributed by atoms with Crippen molar-refractivity contribution in [2.45, 2.75) is 19.4 Å². The molecule has 0 aliphatic rings. The second kappa shape index (κ2) is 4.27. The smallest absolute Gasteiger partial charge is 0.252 e. The van der Waals surface area contributed by atoms with Gasteiger partial charge in [-0.25, -0.2) is 4.98 Å². The largest absolute Gasteiger partial charge is 0.389 e. The van der Waals surface area contributed by atoms with Gasteiger partial charge in [-0.2, -0.15) is 0 Å². The number of nitrogens with zero attached hydrogens (tertiary/aromatic N) is 1. The maximum Gasteiger partial charge on any atom is 0.252 e. The highest BCUT2D eigenvalue weighted by atomic mass is 16.3. The second-order valence-corrected chi connectivity index (χ2v) is 3.93. The minimum Gasteiger partial charge on any atom is -0.389 e. The fraction of sp³-hybridized carbons (Fsp3) is 0.400. The van der Waals surface area contributed by atoms with Crippen molar-refractivity contribution in [2.75, 3.05) is 11.9 Å². The van der Waals surface area contributed by atoms with Gasteiger partial charge in [-0.3, -0.25) is 4.79 Å². The first-order valence-corrected chi connectivity index (χ1v) is 4.61. The Morgan fingerprint density at radius 1 is 1.67 bits per heavy atom. The summed E-state index contributed by atoms with van der Waals surface area (Å²) in [7, 11) is 0. The SMILES string of the molecule is CC(C)(O)CNc1ncccc1C(N)=O. The number of aromatic nitrogens is 1. The van der Waals surface area contributed by atoms with E-state index in [2.05, 4.69) is 10.3 Å². The Labute approximate surface area is 88.3 Å². The third kappa shape index (κ3) is 3.55. The number of aliphatic hydroxyl groups is 1. The minimum absolute atomic E-state index is 0.296. The van der Waals surface area contributed by atoms with Crippen LogP contribution in [0.5, 0.6) is 0 Å². The topological polar surface area (TPSA) is 88.2 Å². The molecule has 0 saturated heterocycles. The Hall–Kier alpha value is -1.62. The number of carbonyl (C=O) groups excluding carboxylic acids is 1. The normalized spacial score (nSPS) is 11.1. The molecule has 0 aliphatic carbocycles. The summed E-state index contributed by atoms with van der Waals surface area (Å²) in [5.74, 6) is -0.145. The Morgan fingerprint density at radius 2 is 2.33 bits per heavy atom. The first kappa shape index (κ1) is 11.5. The lowest BCUT2D eigenvalue weighted by atomic mass is 10.1. The van der Waals surface area contributed by atoms with Crippen LogP contribution in [-0.4, -0.2) is 28.1 Å². The number of hydrogen-bond acceptors (Lipinski definition) is 4. The average Bonchev–Trinajstić information content (AvgIpc) is 2.14. The van der Waals surface area contributed by atoms with E-state index in [9.17, 15) is 9.90 Å². The molecule has 5 nitrogen and oxygen atoms in total. The van der Waals surface area contributed by atoms with Crippen molar-refractivity contribution >= 4 is 11.7 Å². The number of primary amides is 1. The summed E-state index contributed by atoms with van der Waals surface area (Å²) in [6, 6.07) is 3.22. The molecule has 0 aliphatic heterocycles. The minimum atomic E-state index is -0.869. The molecule has 1 heterocycles. The highest BCUT2D eigenvalue weighted by Gasteiger charge is 2.14. The van der Waals surface area contributed by atoms with Crippen LogP contribution in [0.2, 0.25) is 0 Å². The van der Waals surface area contributed by atoms with Gasteiger partial charge in [-0.05, 0) is 26.0 Å². The Kier molecular flexibility index (Phi) is 3.26. The van der Waals surface area contributed by atoms with Gasteiger partial charge in [0.2, 0.25) is 0 Å². The van der Waals surface area contributed by atoms with Gasteiger partial charge in [0.25, 0.3) is 5.91 Å². The average molecular weight is 209 g/mol. The second-order valence-electron chi connectivity index (χ2n) is 3.93. The number of nitrogens with two attached hydrogens (primary N) is 1. The molecule has 82 valence electrons. The molecule has 0 saturated carbocycles. The standard InChI is InChI=1S/C10H15N3O2/c1-10(2,15)6-13-9-7(8(11)14)4-3-5-12-9/h3-5,15H,6H2,1-2H3,(H2,11,14)(H,12,13). The van der Waals surface area contributed by atoms with Crippen molar-refractivity contribution in [1.82, 2.24) is 4.98 Å². The first-order valence-electron chi connectivity index (χ1n) is 4.61. The quantitative estimate of drug-likeness (QED) is 0.668. The van der Waals surface area contributed by atoms with Gasteiger partial charge in [0, 0.05) is 12.7 Å². The van der Waals surface area contributed by atoms with Crippen LogP contribution in [0.15, 0.2) is 18.3 Å². The molecule has 5 heteroatoms. The fourth-order valence-corrected chi connectivity index (χ4v) is 1.05. The van der Waals surface area contributed by atoms with Gasteiger partial charge in [0.15, 0.2) is 0 Å². The highest BCUT2D eigenvalue weighted by molar-refractivity contribution is 5.97.